The molecule has 24 heavy (non-hydrogen) atoms. The number of fused-ring (bicyclic) bond motifs is 1. The van der Waals surface area contributed by atoms with Crippen LogP contribution in [0.5, 0.6) is 11.5 Å². The Kier molecular flexibility index (Phi) is 4.47. The van der Waals surface area contributed by atoms with Crippen molar-refractivity contribution in [1.82, 2.24) is 0 Å². The third kappa shape index (κ3) is 3.38. The van der Waals surface area contributed by atoms with Gasteiger partial charge in [-0.05, 0) is 48.5 Å². The van der Waals surface area contributed by atoms with Crippen molar-refractivity contribution in [2.24, 2.45) is 5.16 Å². The molecule has 0 fully saturated rings. The maximum Gasteiger partial charge on any atom is 0.336 e. The molecule has 2 aromatic carbocycles. The van der Waals surface area contributed by atoms with Crippen LogP contribution in [0.3, 0.4) is 0 Å². The van der Waals surface area contributed by atoms with Gasteiger partial charge < -0.3 is 19.1 Å². The van der Waals surface area contributed by atoms with E-state index in [2.05, 4.69) is 5.16 Å². The van der Waals surface area contributed by atoms with Gasteiger partial charge in [-0.15, -0.1) is 0 Å². The third-order valence-corrected chi connectivity index (χ3v) is 3.51. The van der Waals surface area contributed by atoms with E-state index in [1.165, 1.54) is 6.07 Å². The van der Waals surface area contributed by atoms with Crippen LogP contribution in [0.25, 0.3) is 11.0 Å². The maximum atomic E-state index is 11.2. The van der Waals surface area contributed by atoms with Crippen molar-refractivity contribution in [1.29, 1.82) is 0 Å². The summed E-state index contributed by atoms with van der Waals surface area (Å²) < 4.78 is 15.8. The van der Waals surface area contributed by atoms with Crippen LogP contribution in [0.2, 0.25) is 0 Å². The minimum Gasteiger partial charge on any atom is -0.497 e. The molecule has 0 radical (unpaired) electrons. The summed E-state index contributed by atoms with van der Waals surface area (Å²) >= 11 is 0. The van der Waals surface area contributed by atoms with E-state index < -0.39 is 5.63 Å². The molecule has 0 atom stereocenters. The fourth-order valence-electron chi connectivity index (χ4n) is 2.24. The molecule has 6 nitrogen and oxygen atoms in total. The molecule has 1 aromatic heterocycles. The molecule has 3 rings (SSSR count). The zero-order valence-corrected chi connectivity index (χ0v) is 12.9. The summed E-state index contributed by atoms with van der Waals surface area (Å²) in [5.41, 5.74) is 1.20. The summed E-state index contributed by atoms with van der Waals surface area (Å²) in [4.78, 5) is 11.2. The first kappa shape index (κ1) is 15.6. The number of nitrogens with zero attached hydrogens (tertiary/aromatic N) is 1. The maximum absolute atomic E-state index is 11.2. The number of benzene rings is 2. The molecule has 0 unspecified atom stereocenters. The molecule has 6 heteroatoms. The minimum atomic E-state index is -0.398. The minimum absolute atomic E-state index is 0.0884. The second-order valence-corrected chi connectivity index (χ2v) is 5.02. The average molecular weight is 325 g/mol. The Morgan fingerprint density at radius 2 is 1.83 bits per heavy atom. The van der Waals surface area contributed by atoms with Gasteiger partial charge in [0.2, 0.25) is 0 Å². The van der Waals surface area contributed by atoms with E-state index in [0.29, 0.717) is 22.8 Å². The van der Waals surface area contributed by atoms with Gasteiger partial charge in [0, 0.05) is 17.0 Å². The van der Waals surface area contributed by atoms with E-state index >= 15 is 0 Å². The summed E-state index contributed by atoms with van der Waals surface area (Å²) in [6.07, 6.45) is 0. The van der Waals surface area contributed by atoms with E-state index in [1.54, 1.807) is 55.6 Å². The molecule has 0 bridgehead atoms. The van der Waals surface area contributed by atoms with Crippen LogP contribution < -0.4 is 15.1 Å². The molecule has 0 aliphatic heterocycles. The topological polar surface area (TPSA) is 81.3 Å². The Labute approximate surface area is 137 Å². The number of ether oxygens (including phenoxy) is 2. The van der Waals surface area contributed by atoms with E-state index in [-0.39, 0.29) is 6.61 Å². The molecule has 0 saturated heterocycles. The summed E-state index contributed by atoms with van der Waals surface area (Å²) in [6.45, 7) is 0.0884. The van der Waals surface area contributed by atoms with Crippen LogP contribution in [-0.2, 0) is 0 Å². The molecule has 3 aromatic rings. The lowest BCUT2D eigenvalue weighted by molar-refractivity contribution is 0.308. The molecule has 0 aliphatic rings. The number of rotatable bonds is 5. The van der Waals surface area contributed by atoms with Crippen LogP contribution in [0.1, 0.15) is 5.56 Å². The van der Waals surface area contributed by atoms with Gasteiger partial charge in [0.15, 0.2) is 0 Å². The van der Waals surface area contributed by atoms with Crippen LogP contribution >= 0.6 is 0 Å². The smallest absolute Gasteiger partial charge is 0.336 e. The fourth-order valence-corrected chi connectivity index (χ4v) is 2.24. The Bertz CT molecular complexity index is 928. The SMILES string of the molecule is COc1ccc(/C(COc2ccc3oc(=O)ccc3c2)=N/O)cc1. The van der Waals surface area contributed by atoms with Crippen LogP contribution in [0, 0.1) is 0 Å². The second kappa shape index (κ2) is 6.87. The first-order valence-corrected chi connectivity index (χ1v) is 7.21. The van der Waals surface area contributed by atoms with Crippen LogP contribution in [0.15, 0.2) is 69.0 Å². The quantitative estimate of drug-likeness (QED) is 0.337. The van der Waals surface area contributed by atoms with Crippen LogP contribution in [-0.4, -0.2) is 24.6 Å². The zero-order chi connectivity index (χ0) is 16.9. The van der Waals surface area contributed by atoms with E-state index in [4.69, 9.17) is 13.9 Å². The normalized spacial score (nSPS) is 11.5. The van der Waals surface area contributed by atoms with Crippen molar-refractivity contribution in [2.45, 2.75) is 0 Å². The van der Waals surface area contributed by atoms with Gasteiger partial charge in [0.1, 0.15) is 29.4 Å². The zero-order valence-electron chi connectivity index (χ0n) is 12.9. The van der Waals surface area contributed by atoms with Crippen molar-refractivity contribution >= 4 is 16.7 Å². The number of oxime groups is 1. The summed E-state index contributed by atoms with van der Waals surface area (Å²) in [7, 11) is 1.58. The van der Waals surface area contributed by atoms with Gasteiger partial charge in [-0.3, -0.25) is 0 Å². The van der Waals surface area contributed by atoms with Gasteiger partial charge in [0.25, 0.3) is 0 Å². The highest BCUT2D eigenvalue weighted by atomic mass is 16.5. The number of hydrogen-bond acceptors (Lipinski definition) is 6. The van der Waals surface area contributed by atoms with E-state index in [9.17, 15) is 10.0 Å². The third-order valence-electron chi connectivity index (χ3n) is 3.51. The molecule has 1 heterocycles. The van der Waals surface area contributed by atoms with Crippen LogP contribution in [0.4, 0.5) is 0 Å². The predicted octanol–water partition coefficient (Wildman–Crippen LogP) is 3.06. The monoisotopic (exact) mass is 325 g/mol. The fraction of sp³-hybridized carbons (Fsp3) is 0.111. The Balaban J connectivity index is 1.75. The number of methoxy groups -OCH3 is 1. The predicted molar refractivity (Wildman–Crippen MR) is 89.3 cm³/mol. The van der Waals surface area contributed by atoms with Gasteiger partial charge >= 0.3 is 5.63 Å². The van der Waals surface area contributed by atoms with E-state index in [0.717, 1.165) is 10.9 Å². The van der Waals surface area contributed by atoms with Gasteiger partial charge in [-0.2, -0.15) is 0 Å². The highest BCUT2D eigenvalue weighted by Gasteiger charge is 2.07. The molecule has 0 aliphatic carbocycles. The first-order valence-electron chi connectivity index (χ1n) is 7.21. The Morgan fingerprint density at radius 1 is 1.08 bits per heavy atom. The van der Waals surface area contributed by atoms with E-state index in [1.807, 2.05) is 0 Å². The largest absolute Gasteiger partial charge is 0.497 e. The molecular weight excluding hydrogens is 310 g/mol. The molecule has 1 N–H and O–H groups in total. The summed E-state index contributed by atoms with van der Waals surface area (Å²) in [5.74, 6) is 1.29. The highest BCUT2D eigenvalue weighted by molar-refractivity contribution is 6.01. The van der Waals surface area contributed by atoms with Crippen molar-refractivity contribution in [3.63, 3.8) is 0 Å². The summed E-state index contributed by atoms with van der Waals surface area (Å²) in [5, 5.41) is 13.3. The van der Waals surface area contributed by atoms with Crippen molar-refractivity contribution in [2.75, 3.05) is 13.7 Å². The Hall–Kier alpha value is -3.28. The molecule has 0 spiro atoms. The van der Waals surface area contributed by atoms with Crippen molar-refractivity contribution in [3.05, 3.63) is 70.6 Å². The lowest BCUT2D eigenvalue weighted by Crippen LogP contribution is -2.13. The summed E-state index contributed by atoms with van der Waals surface area (Å²) in [6, 6.07) is 15.2. The first-order chi connectivity index (χ1) is 11.7. The van der Waals surface area contributed by atoms with Gasteiger partial charge in [0.05, 0.1) is 7.11 Å². The lowest BCUT2D eigenvalue weighted by atomic mass is 10.1. The average Bonchev–Trinajstić information content (AvgIpc) is 2.62. The van der Waals surface area contributed by atoms with Crippen molar-refractivity contribution < 1.29 is 19.1 Å². The molecule has 0 saturated carbocycles. The Morgan fingerprint density at radius 3 is 2.54 bits per heavy atom. The van der Waals surface area contributed by atoms with Gasteiger partial charge in [-0.25, -0.2) is 4.79 Å². The molecular formula is C18H15NO5. The molecule has 0 amide bonds. The molecule has 122 valence electrons. The standard InChI is InChI=1S/C18H15NO5/c1-22-14-5-2-12(3-6-14)16(19-21)11-23-15-7-8-17-13(10-15)4-9-18(20)24-17/h2-10,21H,11H2,1H3/b19-16+. The number of hydrogen-bond donors (Lipinski definition) is 1. The second-order valence-electron chi connectivity index (χ2n) is 5.02. The highest BCUT2D eigenvalue weighted by Crippen LogP contribution is 2.20. The van der Waals surface area contributed by atoms with Gasteiger partial charge in [-0.1, -0.05) is 5.16 Å². The lowest BCUT2D eigenvalue weighted by Gasteiger charge is -2.09. The van der Waals surface area contributed by atoms with Crippen molar-refractivity contribution in [3.8, 4) is 11.5 Å².